The molecule has 0 spiro atoms. The van der Waals surface area contributed by atoms with E-state index in [-0.39, 0.29) is 23.1 Å². The molecule has 0 aromatic heterocycles. The van der Waals surface area contributed by atoms with E-state index >= 15 is 0 Å². The van der Waals surface area contributed by atoms with Crippen LogP contribution in [0.15, 0.2) is 89.8 Å². The van der Waals surface area contributed by atoms with Gasteiger partial charge in [0.25, 0.3) is 10.0 Å². The summed E-state index contributed by atoms with van der Waals surface area (Å²) in [5, 5.41) is 0. The third kappa shape index (κ3) is 6.73. The molecule has 1 fully saturated rings. The van der Waals surface area contributed by atoms with Crippen LogP contribution in [0.1, 0.15) is 51.4 Å². The topological polar surface area (TPSA) is 63.7 Å². The van der Waals surface area contributed by atoms with Crippen molar-refractivity contribution >= 4 is 21.5 Å². The minimum atomic E-state index is -3.81. The summed E-state index contributed by atoms with van der Waals surface area (Å²) in [7, 11) is -3.81. The van der Waals surface area contributed by atoms with E-state index in [0.717, 1.165) is 25.7 Å². The fourth-order valence-electron chi connectivity index (χ4n) is 4.62. The smallest absolute Gasteiger partial charge is 0.264 e. The SMILES string of the molecule is O=C(CCCN(c1ccccc1)S(=O)(=O)c1ccc(Oc2ccccc2)cc1)C1CCCCCC1. The summed E-state index contributed by atoms with van der Waals surface area (Å²) in [4.78, 5) is 13.0. The van der Waals surface area contributed by atoms with Gasteiger partial charge in [-0.3, -0.25) is 9.10 Å². The van der Waals surface area contributed by atoms with Crippen molar-refractivity contribution in [1.82, 2.24) is 0 Å². The third-order valence-corrected chi connectivity index (χ3v) is 8.37. The number of para-hydroxylation sites is 2. The van der Waals surface area contributed by atoms with Gasteiger partial charge >= 0.3 is 0 Å². The van der Waals surface area contributed by atoms with Gasteiger partial charge in [0, 0.05) is 18.9 Å². The van der Waals surface area contributed by atoms with Crippen LogP contribution in [0.4, 0.5) is 5.69 Å². The number of hydrogen-bond acceptors (Lipinski definition) is 4. The van der Waals surface area contributed by atoms with Crippen molar-refractivity contribution in [1.29, 1.82) is 0 Å². The summed E-state index contributed by atoms with van der Waals surface area (Å²) < 4.78 is 34.5. The van der Waals surface area contributed by atoms with E-state index in [1.807, 2.05) is 48.5 Å². The third-order valence-electron chi connectivity index (χ3n) is 6.53. The zero-order valence-electron chi connectivity index (χ0n) is 20.0. The van der Waals surface area contributed by atoms with Gasteiger partial charge in [0.1, 0.15) is 17.3 Å². The Morgan fingerprint density at radius 2 is 1.34 bits per heavy atom. The van der Waals surface area contributed by atoms with Crippen LogP contribution in [0, 0.1) is 5.92 Å². The highest BCUT2D eigenvalue weighted by Crippen LogP contribution is 2.28. The monoisotopic (exact) mass is 491 g/mol. The molecule has 0 unspecified atom stereocenters. The number of hydrogen-bond donors (Lipinski definition) is 0. The van der Waals surface area contributed by atoms with Crippen molar-refractivity contribution in [2.24, 2.45) is 5.92 Å². The van der Waals surface area contributed by atoms with Crippen LogP contribution in [0.3, 0.4) is 0 Å². The molecule has 0 amide bonds. The van der Waals surface area contributed by atoms with E-state index in [1.54, 1.807) is 36.4 Å². The molecule has 0 aliphatic heterocycles. The molecule has 1 saturated carbocycles. The number of sulfonamides is 1. The van der Waals surface area contributed by atoms with E-state index in [1.165, 1.54) is 17.1 Å². The van der Waals surface area contributed by atoms with Crippen LogP contribution in [-0.2, 0) is 14.8 Å². The van der Waals surface area contributed by atoms with Crippen molar-refractivity contribution in [2.75, 3.05) is 10.8 Å². The maximum atomic E-state index is 13.6. The molecular formula is C29H33NO4S. The summed E-state index contributed by atoms with van der Waals surface area (Å²) in [5.41, 5.74) is 0.596. The second-order valence-electron chi connectivity index (χ2n) is 9.06. The number of anilines is 1. The predicted octanol–water partition coefficient (Wildman–Crippen LogP) is 6.99. The fourth-order valence-corrected chi connectivity index (χ4v) is 6.12. The molecule has 1 aliphatic rings. The molecule has 5 nitrogen and oxygen atoms in total. The zero-order valence-corrected chi connectivity index (χ0v) is 20.8. The molecular weight excluding hydrogens is 458 g/mol. The zero-order chi connectivity index (χ0) is 24.5. The van der Waals surface area contributed by atoms with Gasteiger partial charge in [-0.1, -0.05) is 62.1 Å². The highest BCUT2D eigenvalue weighted by atomic mass is 32.2. The number of ketones is 1. The Labute approximate surface area is 208 Å². The van der Waals surface area contributed by atoms with Crippen molar-refractivity contribution in [3.63, 3.8) is 0 Å². The molecule has 6 heteroatoms. The average Bonchev–Trinajstić information content (AvgIpc) is 3.18. The Morgan fingerprint density at radius 3 is 1.97 bits per heavy atom. The number of ether oxygens (including phenoxy) is 1. The molecule has 0 radical (unpaired) electrons. The van der Waals surface area contributed by atoms with E-state index in [9.17, 15) is 13.2 Å². The number of carbonyl (C=O) groups is 1. The van der Waals surface area contributed by atoms with Crippen LogP contribution in [0.25, 0.3) is 0 Å². The highest BCUT2D eigenvalue weighted by molar-refractivity contribution is 7.92. The molecule has 35 heavy (non-hydrogen) atoms. The number of benzene rings is 3. The Hall–Kier alpha value is -3.12. The second-order valence-corrected chi connectivity index (χ2v) is 10.9. The van der Waals surface area contributed by atoms with Crippen LogP contribution >= 0.6 is 0 Å². The minimum absolute atomic E-state index is 0.136. The maximum absolute atomic E-state index is 13.6. The van der Waals surface area contributed by atoms with Crippen molar-refractivity contribution in [2.45, 2.75) is 56.3 Å². The number of rotatable bonds is 10. The van der Waals surface area contributed by atoms with Gasteiger partial charge in [-0.15, -0.1) is 0 Å². The lowest BCUT2D eigenvalue weighted by Gasteiger charge is -2.25. The van der Waals surface area contributed by atoms with Crippen LogP contribution in [0.5, 0.6) is 11.5 Å². The normalized spacial score (nSPS) is 14.7. The van der Waals surface area contributed by atoms with Crippen molar-refractivity contribution in [3.8, 4) is 11.5 Å². The molecule has 3 aromatic carbocycles. The standard InChI is InChI=1S/C29H33NO4S/c31-29(24-12-5-1-2-6-13-24)18-11-23-30(25-14-7-3-8-15-25)35(32,33)28-21-19-27(20-22-28)34-26-16-9-4-10-17-26/h3-4,7-10,14-17,19-22,24H,1-2,5-6,11-13,18,23H2. The molecule has 0 bridgehead atoms. The second kappa shape index (κ2) is 12.0. The Balaban J connectivity index is 1.47. The van der Waals surface area contributed by atoms with E-state index < -0.39 is 10.0 Å². The van der Waals surface area contributed by atoms with Crippen molar-refractivity contribution < 1.29 is 17.9 Å². The van der Waals surface area contributed by atoms with Crippen LogP contribution in [-0.4, -0.2) is 20.7 Å². The summed E-state index contributed by atoms with van der Waals surface area (Å²) in [6.45, 7) is 0.257. The Morgan fingerprint density at radius 1 is 0.771 bits per heavy atom. The van der Waals surface area contributed by atoms with Gasteiger partial charge in [0.15, 0.2) is 0 Å². The molecule has 0 saturated heterocycles. The summed E-state index contributed by atoms with van der Waals surface area (Å²) >= 11 is 0. The number of Topliss-reactive ketones (excluding diaryl/α,β-unsaturated/α-hetero) is 1. The largest absolute Gasteiger partial charge is 0.457 e. The van der Waals surface area contributed by atoms with Gasteiger partial charge in [0.2, 0.25) is 0 Å². The lowest BCUT2D eigenvalue weighted by Crippen LogP contribution is -2.32. The van der Waals surface area contributed by atoms with Gasteiger partial charge < -0.3 is 4.74 Å². The molecule has 1 aliphatic carbocycles. The Kier molecular flexibility index (Phi) is 8.59. The first kappa shape index (κ1) is 25.0. The van der Waals surface area contributed by atoms with E-state index in [2.05, 4.69) is 0 Å². The molecule has 3 aromatic rings. The van der Waals surface area contributed by atoms with E-state index in [0.29, 0.717) is 30.0 Å². The first-order valence-corrected chi connectivity index (χ1v) is 13.9. The first-order chi connectivity index (χ1) is 17.0. The molecule has 184 valence electrons. The lowest BCUT2D eigenvalue weighted by atomic mass is 9.93. The first-order valence-electron chi connectivity index (χ1n) is 12.5. The molecule has 0 heterocycles. The van der Waals surface area contributed by atoms with Gasteiger partial charge in [-0.2, -0.15) is 0 Å². The quantitative estimate of drug-likeness (QED) is 0.287. The summed E-state index contributed by atoms with van der Waals surface area (Å²) in [6.07, 6.45) is 7.49. The minimum Gasteiger partial charge on any atom is -0.457 e. The molecule has 0 N–H and O–H groups in total. The van der Waals surface area contributed by atoms with Crippen LogP contribution in [0.2, 0.25) is 0 Å². The highest BCUT2D eigenvalue weighted by Gasteiger charge is 2.26. The molecule has 4 rings (SSSR count). The Bertz CT molecular complexity index is 1170. The number of carbonyl (C=O) groups excluding carboxylic acids is 1. The van der Waals surface area contributed by atoms with Gasteiger partial charge in [-0.05, 0) is 67.8 Å². The van der Waals surface area contributed by atoms with Gasteiger partial charge in [-0.25, -0.2) is 8.42 Å². The molecule has 0 atom stereocenters. The van der Waals surface area contributed by atoms with Crippen LogP contribution < -0.4 is 9.04 Å². The maximum Gasteiger partial charge on any atom is 0.264 e. The summed E-state index contributed by atoms with van der Waals surface area (Å²) in [6, 6.07) is 24.9. The average molecular weight is 492 g/mol. The summed E-state index contributed by atoms with van der Waals surface area (Å²) in [5.74, 6) is 1.67. The number of nitrogens with zero attached hydrogens (tertiary/aromatic N) is 1. The predicted molar refractivity (Wildman–Crippen MR) is 139 cm³/mol. The van der Waals surface area contributed by atoms with Gasteiger partial charge in [0.05, 0.1) is 10.6 Å². The van der Waals surface area contributed by atoms with E-state index in [4.69, 9.17) is 4.74 Å². The van der Waals surface area contributed by atoms with Crippen molar-refractivity contribution in [3.05, 3.63) is 84.9 Å². The fraction of sp³-hybridized carbons (Fsp3) is 0.345. The lowest BCUT2D eigenvalue weighted by molar-refractivity contribution is -0.123.